The fourth-order valence-corrected chi connectivity index (χ4v) is 2.90. The summed E-state index contributed by atoms with van der Waals surface area (Å²) in [7, 11) is 2.20. The molecule has 0 saturated heterocycles. The molecule has 0 radical (unpaired) electrons. The minimum atomic E-state index is 0.574. The van der Waals surface area contributed by atoms with Gasteiger partial charge in [0.2, 0.25) is 0 Å². The summed E-state index contributed by atoms with van der Waals surface area (Å²) in [5, 5.41) is 5.59. The number of rotatable bonds is 8. The van der Waals surface area contributed by atoms with E-state index in [1.54, 1.807) is 0 Å². The van der Waals surface area contributed by atoms with Gasteiger partial charge in [-0.1, -0.05) is 12.1 Å². The number of hydrogen-bond acceptors (Lipinski definition) is 4. The Morgan fingerprint density at radius 2 is 2.20 bits per heavy atom. The second kappa shape index (κ2) is 8.15. The first-order valence-electron chi connectivity index (χ1n) is 7.09. The van der Waals surface area contributed by atoms with Gasteiger partial charge in [0.15, 0.2) is 0 Å². The average molecular weight is 289 g/mol. The Hall–Kier alpha value is -1.23. The van der Waals surface area contributed by atoms with Crippen LogP contribution in [0.5, 0.6) is 0 Å². The Morgan fingerprint density at radius 1 is 1.30 bits per heavy atom. The van der Waals surface area contributed by atoms with Gasteiger partial charge in [0, 0.05) is 36.8 Å². The number of hydrogen-bond donors (Lipinski definition) is 1. The first-order chi connectivity index (χ1) is 9.75. The number of likely N-dealkylation sites (N-methyl/N-ethyl adjacent to an activating group) is 1. The molecule has 2 rings (SSSR count). The third kappa shape index (κ3) is 5.04. The molecule has 0 bridgehead atoms. The Kier molecular flexibility index (Phi) is 6.18. The SMILES string of the molecule is CC(Cc1cccs1)N(C)CCNCc1ccccn1. The Labute approximate surface area is 125 Å². The van der Waals surface area contributed by atoms with E-state index in [1.807, 2.05) is 29.7 Å². The van der Waals surface area contributed by atoms with Crippen molar-refractivity contribution in [2.75, 3.05) is 20.1 Å². The van der Waals surface area contributed by atoms with E-state index in [0.717, 1.165) is 31.7 Å². The standard InChI is InChI=1S/C16H23N3S/c1-14(12-16-7-5-11-20-16)19(2)10-9-17-13-15-6-3-4-8-18-15/h3-8,11,14,17H,9-10,12-13H2,1-2H3. The van der Waals surface area contributed by atoms with Crippen LogP contribution in [0.2, 0.25) is 0 Å². The first-order valence-corrected chi connectivity index (χ1v) is 7.97. The molecule has 20 heavy (non-hydrogen) atoms. The van der Waals surface area contributed by atoms with Crippen LogP contribution >= 0.6 is 11.3 Å². The third-order valence-corrected chi connectivity index (χ3v) is 4.40. The van der Waals surface area contributed by atoms with E-state index in [0.29, 0.717) is 6.04 Å². The molecule has 1 atom stereocenters. The molecule has 2 heterocycles. The zero-order valence-corrected chi connectivity index (χ0v) is 13.1. The predicted molar refractivity (Wildman–Crippen MR) is 86.1 cm³/mol. The summed E-state index contributed by atoms with van der Waals surface area (Å²) >= 11 is 1.84. The number of nitrogens with zero attached hydrogens (tertiary/aromatic N) is 2. The molecule has 0 aliphatic heterocycles. The molecule has 3 nitrogen and oxygen atoms in total. The molecule has 0 aliphatic rings. The van der Waals surface area contributed by atoms with Crippen LogP contribution in [0.25, 0.3) is 0 Å². The molecule has 2 aromatic heterocycles. The van der Waals surface area contributed by atoms with Crippen molar-refractivity contribution in [3.05, 3.63) is 52.5 Å². The average Bonchev–Trinajstić information content (AvgIpc) is 2.97. The van der Waals surface area contributed by atoms with Gasteiger partial charge in [0.25, 0.3) is 0 Å². The Balaban J connectivity index is 1.63. The van der Waals surface area contributed by atoms with E-state index in [-0.39, 0.29) is 0 Å². The quantitative estimate of drug-likeness (QED) is 0.758. The van der Waals surface area contributed by atoms with Crippen molar-refractivity contribution in [2.24, 2.45) is 0 Å². The molecule has 0 aliphatic carbocycles. The van der Waals surface area contributed by atoms with Gasteiger partial charge < -0.3 is 10.2 Å². The van der Waals surface area contributed by atoms with Crippen LogP contribution in [0.15, 0.2) is 41.9 Å². The van der Waals surface area contributed by atoms with Gasteiger partial charge in [-0.25, -0.2) is 0 Å². The van der Waals surface area contributed by atoms with E-state index in [2.05, 4.69) is 52.8 Å². The maximum absolute atomic E-state index is 4.31. The zero-order chi connectivity index (χ0) is 14.2. The second-order valence-electron chi connectivity index (χ2n) is 5.11. The highest BCUT2D eigenvalue weighted by Gasteiger charge is 2.09. The van der Waals surface area contributed by atoms with Crippen molar-refractivity contribution in [1.82, 2.24) is 15.2 Å². The number of aromatic nitrogens is 1. The second-order valence-corrected chi connectivity index (χ2v) is 6.14. The fraction of sp³-hybridized carbons (Fsp3) is 0.438. The molecular weight excluding hydrogens is 266 g/mol. The fourth-order valence-electron chi connectivity index (χ4n) is 2.07. The van der Waals surface area contributed by atoms with Crippen molar-refractivity contribution in [3.63, 3.8) is 0 Å². The van der Waals surface area contributed by atoms with Gasteiger partial charge in [-0.2, -0.15) is 0 Å². The summed E-state index contributed by atoms with van der Waals surface area (Å²) < 4.78 is 0. The maximum Gasteiger partial charge on any atom is 0.0541 e. The Bertz CT molecular complexity index is 470. The molecule has 0 amide bonds. The summed E-state index contributed by atoms with van der Waals surface area (Å²) in [6.45, 7) is 5.17. The van der Waals surface area contributed by atoms with E-state index in [4.69, 9.17) is 0 Å². The van der Waals surface area contributed by atoms with Crippen molar-refractivity contribution < 1.29 is 0 Å². The van der Waals surface area contributed by atoms with E-state index in [9.17, 15) is 0 Å². The number of nitrogens with one attached hydrogen (secondary N) is 1. The van der Waals surface area contributed by atoms with Crippen molar-refractivity contribution >= 4 is 11.3 Å². The summed E-state index contributed by atoms with van der Waals surface area (Å²) in [5.41, 5.74) is 1.10. The number of pyridine rings is 1. The normalized spacial score (nSPS) is 12.8. The molecule has 108 valence electrons. The topological polar surface area (TPSA) is 28.2 Å². The minimum absolute atomic E-state index is 0.574. The van der Waals surface area contributed by atoms with Crippen LogP contribution in [0.4, 0.5) is 0 Å². The largest absolute Gasteiger partial charge is 0.310 e. The zero-order valence-electron chi connectivity index (χ0n) is 12.2. The van der Waals surface area contributed by atoms with Crippen LogP contribution in [0.1, 0.15) is 17.5 Å². The third-order valence-electron chi connectivity index (χ3n) is 3.50. The maximum atomic E-state index is 4.31. The molecule has 0 fully saturated rings. The summed E-state index contributed by atoms with van der Waals surface area (Å²) in [4.78, 5) is 8.18. The van der Waals surface area contributed by atoms with E-state index in [1.165, 1.54) is 4.88 Å². The van der Waals surface area contributed by atoms with Crippen molar-refractivity contribution in [1.29, 1.82) is 0 Å². The van der Waals surface area contributed by atoms with Gasteiger partial charge in [0.1, 0.15) is 0 Å². The number of thiophene rings is 1. The van der Waals surface area contributed by atoms with Crippen LogP contribution in [0, 0.1) is 0 Å². The molecule has 2 aromatic rings. The van der Waals surface area contributed by atoms with Crippen LogP contribution in [-0.2, 0) is 13.0 Å². The molecular formula is C16H23N3S. The molecule has 1 N–H and O–H groups in total. The van der Waals surface area contributed by atoms with E-state index >= 15 is 0 Å². The van der Waals surface area contributed by atoms with Crippen LogP contribution in [0.3, 0.4) is 0 Å². The lowest BCUT2D eigenvalue weighted by atomic mass is 10.2. The molecule has 0 saturated carbocycles. The Morgan fingerprint density at radius 3 is 2.90 bits per heavy atom. The van der Waals surface area contributed by atoms with Crippen molar-refractivity contribution in [2.45, 2.75) is 25.9 Å². The van der Waals surface area contributed by atoms with Gasteiger partial charge in [-0.15, -0.1) is 11.3 Å². The molecule has 0 spiro atoms. The highest BCUT2D eigenvalue weighted by Crippen LogP contribution is 2.13. The summed E-state index contributed by atoms with van der Waals surface area (Å²) in [5.74, 6) is 0. The highest BCUT2D eigenvalue weighted by molar-refractivity contribution is 7.09. The van der Waals surface area contributed by atoms with E-state index < -0.39 is 0 Å². The molecule has 1 unspecified atom stereocenters. The summed E-state index contributed by atoms with van der Waals surface area (Å²) in [6.07, 6.45) is 2.97. The van der Waals surface area contributed by atoms with Crippen LogP contribution in [-0.4, -0.2) is 36.1 Å². The monoisotopic (exact) mass is 289 g/mol. The van der Waals surface area contributed by atoms with Crippen molar-refractivity contribution in [3.8, 4) is 0 Å². The van der Waals surface area contributed by atoms with Gasteiger partial charge in [-0.3, -0.25) is 4.98 Å². The summed E-state index contributed by atoms with van der Waals surface area (Å²) in [6, 6.07) is 10.9. The van der Waals surface area contributed by atoms with Gasteiger partial charge >= 0.3 is 0 Å². The van der Waals surface area contributed by atoms with Gasteiger partial charge in [-0.05, 0) is 44.0 Å². The lowest BCUT2D eigenvalue weighted by Crippen LogP contribution is -2.36. The minimum Gasteiger partial charge on any atom is -0.310 e. The van der Waals surface area contributed by atoms with Gasteiger partial charge in [0.05, 0.1) is 5.69 Å². The smallest absolute Gasteiger partial charge is 0.0541 e. The first kappa shape index (κ1) is 15.2. The lowest BCUT2D eigenvalue weighted by molar-refractivity contribution is 0.256. The van der Waals surface area contributed by atoms with Crippen LogP contribution < -0.4 is 5.32 Å². The molecule has 4 heteroatoms. The highest BCUT2D eigenvalue weighted by atomic mass is 32.1. The predicted octanol–water partition coefficient (Wildman–Crippen LogP) is 2.80. The lowest BCUT2D eigenvalue weighted by Gasteiger charge is -2.24. The molecule has 0 aromatic carbocycles.